The molecule has 2 aromatic rings. The first-order chi connectivity index (χ1) is 13.9. The maximum Gasteiger partial charge on any atom is 0.303 e. The smallest absolute Gasteiger partial charge is 0.303 e. The van der Waals surface area contributed by atoms with Crippen molar-refractivity contribution in [2.24, 2.45) is 0 Å². The predicted molar refractivity (Wildman–Crippen MR) is 110 cm³/mol. The van der Waals surface area contributed by atoms with Gasteiger partial charge in [-0.15, -0.1) is 0 Å². The Kier molecular flexibility index (Phi) is 8.21. The number of nitrogens with one attached hydrogen (secondary N) is 1. The zero-order valence-electron chi connectivity index (χ0n) is 16.7. The lowest BCUT2D eigenvalue weighted by Crippen LogP contribution is -2.30. The highest BCUT2D eigenvalue weighted by atomic mass is 16.5. The summed E-state index contributed by atoms with van der Waals surface area (Å²) >= 11 is 0. The highest BCUT2D eigenvalue weighted by molar-refractivity contribution is 6.05. The Bertz CT molecular complexity index is 827. The number of carboxylic acids is 1. The number of rotatable bonds is 10. The molecule has 0 bridgehead atoms. The monoisotopic (exact) mass is 398 g/mol. The highest BCUT2D eigenvalue weighted by Crippen LogP contribution is 2.17. The number of amides is 2. The van der Waals surface area contributed by atoms with E-state index in [4.69, 9.17) is 9.84 Å². The number of carbonyl (C=O) groups is 3. The van der Waals surface area contributed by atoms with Crippen LogP contribution in [0.1, 0.15) is 47.4 Å². The first-order valence-electron chi connectivity index (χ1n) is 9.60. The van der Waals surface area contributed by atoms with Gasteiger partial charge in [-0.1, -0.05) is 0 Å². The minimum Gasteiger partial charge on any atom is -0.494 e. The third kappa shape index (κ3) is 6.64. The van der Waals surface area contributed by atoms with Gasteiger partial charge in [-0.05, 0) is 68.8 Å². The van der Waals surface area contributed by atoms with Crippen LogP contribution < -0.4 is 10.1 Å². The maximum absolute atomic E-state index is 12.4. The molecule has 2 N–H and O–H groups in total. The number of aliphatic carboxylic acids is 1. The van der Waals surface area contributed by atoms with E-state index in [1.165, 1.54) is 0 Å². The summed E-state index contributed by atoms with van der Waals surface area (Å²) in [6.07, 6.45) is 0.494. The lowest BCUT2D eigenvalue weighted by atomic mass is 10.1. The molecule has 0 unspecified atom stereocenters. The second-order valence-electron chi connectivity index (χ2n) is 6.38. The Morgan fingerprint density at radius 3 is 2.07 bits per heavy atom. The first kappa shape index (κ1) is 21.9. The van der Waals surface area contributed by atoms with Crippen molar-refractivity contribution >= 4 is 23.5 Å². The third-order valence-electron chi connectivity index (χ3n) is 4.36. The van der Waals surface area contributed by atoms with Crippen LogP contribution in [-0.2, 0) is 4.79 Å². The van der Waals surface area contributed by atoms with E-state index in [9.17, 15) is 14.4 Å². The van der Waals surface area contributed by atoms with Crippen LogP contribution in [0.3, 0.4) is 0 Å². The molecule has 0 radical (unpaired) electrons. The van der Waals surface area contributed by atoms with Crippen LogP contribution in [-0.4, -0.2) is 47.5 Å². The number of hydrogen-bond acceptors (Lipinski definition) is 4. The molecule has 0 atom stereocenters. The Balaban J connectivity index is 1.91. The van der Waals surface area contributed by atoms with E-state index in [0.29, 0.717) is 48.7 Å². The van der Waals surface area contributed by atoms with Crippen molar-refractivity contribution < 1.29 is 24.2 Å². The number of anilines is 1. The molecule has 0 aromatic heterocycles. The summed E-state index contributed by atoms with van der Waals surface area (Å²) < 4.78 is 5.46. The first-order valence-corrected chi connectivity index (χ1v) is 9.60. The van der Waals surface area contributed by atoms with Crippen molar-refractivity contribution in [2.45, 2.75) is 26.7 Å². The molecule has 0 fully saturated rings. The number of hydrogen-bond donors (Lipinski definition) is 2. The van der Waals surface area contributed by atoms with Crippen LogP contribution in [0.5, 0.6) is 5.75 Å². The summed E-state index contributed by atoms with van der Waals surface area (Å²) in [6, 6.07) is 13.4. The lowest BCUT2D eigenvalue weighted by molar-refractivity contribution is -0.137. The van der Waals surface area contributed by atoms with E-state index in [1.807, 2.05) is 13.8 Å². The Labute approximate surface area is 170 Å². The van der Waals surface area contributed by atoms with Crippen molar-refractivity contribution in [1.29, 1.82) is 0 Å². The fourth-order valence-electron chi connectivity index (χ4n) is 2.71. The normalized spacial score (nSPS) is 10.3. The van der Waals surface area contributed by atoms with Gasteiger partial charge in [-0.3, -0.25) is 14.4 Å². The Morgan fingerprint density at radius 1 is 0.931 bits per heavy atom. The summed E-state index contributed by atoms with van der Waals surface area (Å²) in [4.78, 5) is 36.9. The summed E-state index contributed by atoms with van der Waals surface area (Å²) in [7, 11) is 0. The van der Waals surface area contributed by atoms with E-state index in [0.717, 1.165) is 0 Å². The van der Waals surface area contributed by atoms with Gasteiger partial charge in [0, 0.05) is 36.3 Å². The van der Waals surface area contributed by atoms with E-state index in [1.54, 1.807) is 53.4 Å². The summed E-state index contributed by atoms with van der Waals surface area (Å²) in [6.45, 7) is 5.44. The van der Waals surface area contributed by atoms with Crippen LogP contribution >= 0.6 is 0 Å². The third-order valence-corrected chi connectivity index (χ3v) is 4.36. The SMILES string of the molecule is CCN(CC)C(=O)c1ccc(C(=O)Nc2ccc(OCCCC(=O)O)cc2)cc1. The molecule has 0 aliphatic heterocycles. The second kappa shape index (κ2) is 10.8. The lowest BCUT2D eigenvalue weighted by Gasteiger charge is -2.18. The number of ether oxygens (including phenoxy) is 1. The molecule has 0 heterocycles. The molecular weight excluding hydrogens is 372 g/mol. The van der Waals surface area contributed by atoms with Crippen LogP contribution in [0.25, 0.3) is 0 Å². The number of carbonyl (C=O) groups excluding carboxylic acids is 2. The van der Waals surface area contributed by atoms with Crippen molar-refractivity contribution in [3.05, 3.63) is 59.7 Å². The maximum atomic E-state index is 12.4. The van der Waals surface area contributed by atoms with Crippen LogP contribution in [0.2, 0.25) is 0 Å². The van der Waals surface area contributed by atoms with Gasteiger partial charge in [-0.2, -0.15) is 0 Å². The van der Waals surface area contributed by atoms with Crippen molar-refractivity contribution in [2.75, 3.05) is 25.0 Å². The van der Waals surface area contributed by atoms with Crippen molar-refractivity contribution in [3.63, 3.8) is 0 Å². The minimum absolute atomic E-state index is 0.0547. The van der Waals surface area contributed by atoms with Gasteiger partial charge in [-0.25, -0.2) is 0 Å². The molecule has 2 amide bonds. The van der Waals surface area contributed by atoms with Crippen LogP contribution in [0, 0.1) is 0 Å². The van der Waals surface area contributed by atoms with E-state index in [-0.39, 0.29) is 18.2 Å². The Morgan fingerprint density at radius 2 is 1.52 bits per heavy atom. The van der Waals surface area contributed by atoms with E-state index >= 15 is 0 Å². The average molecular weight is 398 g/mol. The summed E-state index contributed by atoms with van der Waals surface area (Å²) in [5.74, 6) is -0.576. The van der Waals surface area contributed by atoms with Gasteiger partial charge >= 0.3 is 5.97 Å². The van der Waals surface area contributed by atoms with Crippen molar-refractivity contribution in [3.8, 4) is 5.75 Å². The van der Waals surface area contributed by atoms with Gasteiger partial charge < -0.3 is 20.1 Å². The number of benzene rings is 2. The molecule has 0 spiro atoms. The molecule has 29 heavy (non-hydrogen) atoms. The molecule has 7 nitrogen and oxygen atoms in total. The molecular formula is C22H26N2O5. The second-order valence-corrected chi connectivity index (χ2v) is 6.38. The quantitative estimate of drug-likeness (QED) is 0.596. The van der Waals surface area contributed by atoms with Gasteiger partial charge in [0.15, 0.2) is 0 Å². The van der Waals surface area contributed by atoms with Gasteiger partial charge in [0.05, 0.1) is 6.61 Å². The predicted octanol–water partition coefficient (Wildman–Crippen LogP) is 3.66. The topological polar surface area (TPSA) is 95.9 Å². The minimum atomic E-state index is -0.850. The zero-order chi connectivity index (χ0) is 21.2. The van der Waals surface area contributed by atoms with Gasteiger partial charge in [0.25, 0.3) is 11.8 Å². The molecule has 2 rings (SSSR count). The highest BCUT2D eigenvalue weighted by Gasteiger charge is 2.13. The largest absolute Gasteiger partial charge is 0.494 e. The molecule has 0 aliphatic carbocycles. The number of nitrogens with zero attached hydrogens (tertiary/aromatic N) is 1. The molecule has 7 heteroatoms. The molecule has 0 saturated heterocycles. The standard InChI is InChI=1S/C22H26N2O5/c1-3-24(4-2)22(28)17-9-7-16(8-10-17)21(27)23-18-11-13-19(14-12-18)29-15-5-6-20(25)26/h7-14H,3-6,15H2,1-2H3,(H,23,27)(H,25,26). The fraction of sp³-hybridized carbons (Fsp3) is 0.318. The van der Waals surface area contributed by atoms with E-state index in [2.05, 4.69) is 5.32 Å². The average Bonchev–Trinajstić information content (AvgIpc) is 2.73. The van der Waals surface area contributed by atoms with Gasteiger partial charge in [0.2, 0.25) is 0 Å². The Hall–Kier alpha value is -3.35. The fourth-order valence-corrected chi connectivity index (χ4v) is 2.71. The molecule has 154 valence electrons. The van der Waals surface area contributed by atoms with Crippen molar-refractivity contribution in [1.82, 2.24) is 4.90 Å². The molecule has 2 aromatic carbocycles. The summed E-state index contributed by atoms with van der Waals surface area (Å²) in [5.41, 5.74) is 1.61. The zero-order valence-corrected chi connectivity index (χ0v) is 16.7. The summed E-state index contributed by atoms with van der Waals surface area (Å²) in [5, 5.41) is 11.4. The molecule has 0 aliphatic rings. The molecule has 0 saturated carbocycles. The van der Waals surface area contributed by atoms with Crippen LogP contribution in [0.15, 0.2) is 48.5 Å². The van der Waals surface area contributed by atoms with Gasteiger partial charge in [0.1, 0.15) is 5.75 Å². The number of carboxylic acid groups (broad SMARTS) is 1. The van der Waals surface area contributed by atoms with Crippen LogP contribution in [0.4, 0.5) is 5.69 Å². The van der Waals surface area contributed by atoms with E-state index < -0.39 is 5.97 Å².